The average molecular weight is 543 g/mol. The van der Waals surface area contributed by atoms with Crippen molar-refractivity contribution < 1.29 is 14.9 Å². The maximum absolute atomic E-state index is 12.6. The highest BCUT2D eigenvalue weighted by Crippen LogP contribution is 2.21. The van der Waals surface area contributed by atoms with Gasteiger partial charge in [-0.15, -0.1) is 0 Å². The van der Waals surface area contributed by atoms with Gasteiger partial charge in [0.25, 0.3) is 5.56 Å². The van der Waals surface area contributed by atoms with Crippen LogP contribution < -0.4 is 21.4 Å². The molecule has 12 heteroatoms. The predicted octanol–water partition coefficient (Wildman–Crippen LogP) is 2.09. The van der Waals surface area contributed by atoms with Gasteiger partial charge >= 0.3 is 5.69 Å². The molecule has 0 aliphatic rings. The second-order valence-corrected chi connectivity index (χ2v) is 8.76. The Kier molecular flexibility index (Phi) is 7.03. The highest BCUT2D eigenvalue weighted by molar-refractivity contribution is 9.10. The SMILES string of the molecule is Cc1ccccc1OCC(O)Cn1c(N/N=C\c2cc(Br)ccc2O)nc2c1c(=O)[nH]c(=O)n2C. The van der Waals surface area contributed by atoms with Crippen molar-refractivity contribution in [1.29, 1.82) is 0 Å². The molecule has 2 heterocycles. The minimum Gasteiger partial charge on any atom is -0.507 e. The summed E-state index contributed by atoms with van der Waals surface area (Å²) in [6.45, 7) is 1.79. The van der Waals surface area contributed by atoms with E-state index in [0.717, 1.165) is 10.0 Å². The Hall–Kier alpha value is -3.90. The van der Waals surface area contributed by atoms with Crippen LogP contribution >= 0.6 is 15.9 Å². The molecule has 1 unspecified atom stereocenters. The molecule has 4 N–H and O–H groups in total. The van der Waals surface area contributed by atoms with Crippen LogP contribution in [0.4, 0.5) is 5.95 Å². The number of hydrogen-bond acceptors (Lipinski definition) is 8. The number of aromatic amines is 1. The first-order valence-electron chi connectivity index (χ1n) is 10.6. The minimum absolute atomic E-state index is 0.0230. The number of hydrogen-bond donors (Lipinski definition) is 4. The molecule has 0 fully saturated rings. The number of nitrogens with zero attached hydrogens (tertiary/aromatic N) is 4. The van der Waals surface area contributed by atoms with Crippen molar-refractivity contribution >= 4 is 39.3 Å². The summed E-state index contributed by atoms with van der Waals surface area (Å²) < 4.78 is 9.10. The van der Waals surface area contributed by atoms with E-state index in [1.54, 1.807) is 18.2 Å². The maximum atomic E-state index is 12.6. The summed E-state index contributed by atoms with van der Waals surface area (Å²) in [5, 5.41) is 24.8. The van der Waals surface area contributed by atoms with Gasteiger partial charge in [-0.3, -0.25) is 14.3 Å². The number of fused-ring (bicyclic) bond motifs is 1. The lowest BCUT2D eigenvalue weighted by molar-refractivity contribution is 0.0935. The molecule has 0 aliphatic heterocycles. The molecule has 4 aromatic rings. The lowest BCUT2D eigenvalue weighted by atomic mass is 10.2. The molecule has 0 saturated heterocycles. The largest absolute Gasteiger partial charge is 0.507 e. The molecule has 2 aromatic carbocycles. The topological polar surface area (TPSA) is 147 Å². The Morgan fingerprint density at radius 1 is 1.29 bits per heavy atom. The molecule has 4 rings (SSSR count). The Bertz CT molecular complexity index is 1520. The minimum atomic E-state index is -1.01. The number of ether oxygens (including phenoxy) is 1. The molecule has 11 nitrogen and oxygen atoms in total. The van der Waals surface area contributed by atoms with Crippen LogP contribution in [0.5, 0.6) is 11.5 Å². The highest BCUT2D eigenvalue weighted by Gasteiger charge is 2.20. The number of hydrazone groups is 1. The first kappa shape index (κ1) is 24.2. The van der Waals surface area contributed by atoms with Crippen molar-refractivity contribution in [2.24, 2.45) is 12.1 Å². The van der Waals surface area contributed by atoms with Gasteiger partial charge in [0.05, 0.1) is 12.8 Å². The Morgan fingerprint density at radius 2 is 2.06 bits per heavy atom. The van der Waals surface area contributed by atoms with Crippen molar-refractivity contribution in [2.75, 3.05) is 12.0 Å². The first-order valence-corrected chi connectivity index (χ1v) is 11.4. The number of aromatic hydroxyl groups is 1. The number of H-pyrrole nitrogens is 1. The summed E-state index contributed by atoms with van der Waals surface area (Å²) in [4.78, 5) is 31.3. The van der Waals surface area contributed by atoms with E-state index in [0.29, 0.717) is 11.3 Å². The standard InChI is InChI=1S/C23H23BrN6O5/c1-13-5-3-4-6-18(13)35-12-16(31)11-30-19-20(29(2)23(34)27-21(19)33)26-22(30)28-25-10-14-9-15(24)7-8-17(14)32/h3-10,16,31-32H,11-12H2,1-2H3,(H,26,28)(H,27,33,34)/b25-10-. The van der Waals surface area contributed by atoms with Gasteiger partial charge in [-0.25, -0.2) is 10.2 Å². The number of aryl methyl sites for hydroxylation is 2. The van der Waals surface area contributed by atoms with Crippen LogP contribution in [0.15, 0.2) is 61.6 Å². The molecule has 35 heavy (non-hydrogen) atoms. The number of aromatic nitrogens is 4. The zero-order chi connectivity index (χ0) is 25.1. The fourth-order valence-electron chi connectivity index (χ4n) is 3.45. The monoisotopic (exact) mass is 542 g/mol. The lowest BCUT2D eigenvalue weighted by Crippen LogP contribution is -2.30. The quantitative estimate of drug-likeness (QED) is 0.197. The molecule has 2 aromatic heterocycles. The smallest absolute Gasteiger partial charge is 0.329 e. The molecular formula is C23H23BrN6O5. The summed E-state index contributed by atoms with van der Waals surface area (Å²) in [7, 11) is 1.47. The van der Waals surface area contributed by atoms with E-state index in [4.69, 9.17) is 4.74 Å². The second kappa shape index (κ2) is 10.2. The first-order chi connectivity index (χ1) is 16.7. The number of halogens is 1. The fourth-order valence-corrected chi connectivity index (χ4v) is 3.83. The van der Waals surface area contributed by atoms with Gasteiger partial charge in [-0.1, -0.05) is 34.1 Å². The predicted molar refractivity (Wildman–Crippen MR) is 135 cm³/mol. The van der Waals surface area contributed by atoms with E-state index in [-0.39, 0.29) is 36.0 Å². The normalized spacial score (nSPS) is 12.3. The Morgan fingerprint density at radius 3 is 2.83 bits per heavy atom. The number of imidazole rings is 1. The molecule has 0 aliphatic carbocycles. The van der Waals surface area contributed by atoms with Gasteiger partial charge in [0.1, 0.15) is 24.2 Å². The van der Waals surface area contributed by atoms with Crippen LogP contribution in [0.3, 0.4) is 0 Å². The number of phenols is 1. The number of aliphatic hydroxyl groups is 1. The van der Waals surface area contributed by atoms with E-state index in [9.17, 15) is 19.8 Å². The summed E-state index contributed by atoms with van der Waals surface area (Å²) in [6, 6.07) is 12.3. The number of nitrogens with one attached hydrogen (secondary N) is 2. The molecule has 0 saturated carbocycles. The molecule has 0 amide bonds. The van der Waals surface area contributed by atoms with Crippen molar-refractivity contribution in [2.45, 2.75) is 19.6 Å². The van der Waals surface area contributed by atoms with Crippen LogP contribution in [0.1, 0.15) is 11.1 Å². The van der Waals surface area contributed by atoms with Crippen LogP contribution in [0, 0.1) is 6.92 Å². The van der Waals surface area contributed by atoms with Crippen LogP contribution in [-0.2, 0) is 13.6 Å². The van der Waals surface area contributed by atoms with E-state index in [1.807, 2.05) is 25.1 Å². The fraction of sp³-hybridized carbons (Fsp3) is 0.217. The summed E-state index contributed by atoms with van der Waals surface area (Å²) in [5.74, 6) is 0.779. The molecule has 0 radical (unpaired) electrons. The van der Waals surface area contributed by atoms with Gasteiger partial charge in [0, 0.05) is 17.1 Å². The number of para-hydroxylation sites is 1. The van der Waals surface area contributed by atoms with Gasteiger partial charge in [0.2, 0.25) is 5.95 Å². The lowest BCUT2D eigenvalue weighted by Gasteiger charge is -2.16. The number of benzene rings is 2. The summed E-state index contributed by atoms with van der Waals surface area (Å²) >= 11 is 3.33. The van der Waals surface area contributed by atoms with Crippen molar-refractivity contribution in [3.05, 3.63) is 78.9 Å². The summed E-state index contributed by atoms with van der Waals surface area (Å²) in [5.41, 5.74) is 3.03. The zero-order valence-corrected chi connectivity index (χ0v) is 20.5. The number of aliphatic hydroxyl groups excluding tert-OH is 1. The molecule has 182 valence electrons. The van der Waals surface area contributed by atoms with Crippen LogP contribution in [-0.4, -0.2) is 48.2 Å². The van der Waals surface area contributed by atoms with Gasteiger partial charge < -0.3 is 19.5 Å². The van der Waals surface area contributed by atoms with E-state index in [1.165, 1.54) is 28.5 Å². The third kappa shape index (κ3) is 5.28. The summed E-state index contributed by atoms with van der Waals surface area (Å²) in [6.07, 6.45) is 0.368. The van der Waals surface area contributed by atoms with Gasteiger partial charge in [-0.2, -0.15) is 10.1 Å². The maximum Gasteiger partial charge on any atom is 0.329 e. The second-order valence-electron chi connectivity index (χ2n) is 7.84. The van der Waals surface area contributed by atoms with E-state index < -0.39 is 17.4 Å². The van der Waals surface area contributed by atoms with Crippen LogP contribution in [0.2, 0.25) is 0 Å². The zero-order valence-electron chi connectivity index (χ0n) is 18.9. The van der Waals surface area contributed by atoms with Gasteiger partial charge in [0.15, 0.2) is 11.2 Å². The average Bonchev–Trinajstić information content (AvgIpc) is 3.18. The van der Waals surface area contributed by atoms with Crippen molar-refractivity contribution in [1.82, 2.24) is 19.1 Å². The number of anilines is 1. The van der Waals surface area contributed by atoms with Gasteiger partial charge in [-0.05, 0) is 36.8 Å². The van der Waals surface area contributed by atoms with Crippen LogP contribution in [0.25, 0.3) is 11.2 Å². The Balaban J connectivity index is 1.64. The molecule has 0 spiro atoms. The molecule has 0 bridgehead atoms. The van der Waals surface area contributed by atoms with Crippen molar-refractivity contribution in [3.8, 4) is 11.5 Å². The molecular weight excluding hydrogens is 520 g/mol. The van der Waals surface area contributed by atoms with Crippen molar-refractivity contribution in [3.63, 3.8) is 0 Å². The van der Waals surface area contributed by atoms with E-state index in [2.05, 4.69) is 36.4 Å². The highest BCUT2D eigenvalue weighted by atomic mass is 79.9. The Labute approximate surface area is 207 Å². The van der Waals surface area contributed by atoms with E-state index >= 15 is 0 Å². The number of rotatable bonds is 8. The number of phenolic OH excluding ortho intramolecular Hbond substituents is 1. The third-order valence-corrected chi connectivity index (χ3v) is 5.78. The molecule has 1 atom stereocenters. The third-order valence-electron chi connectivity index (χ3n) is 5.28.